The topological polar surface area (TPSA) is 51.7 Å². The number of nitrogens with zero attached hydrogens (tertiary/aromatic N) is 2. The number of hydrogen-bond acceptors (Lipinski definition) is 4. The predicted molar refractivity (Wildman–Crippen MR) is 88.0 cm³/mol. The van der Waals surface area contributed by atoms with E-state index in [1.807, 2.05) is 39.0 Å². The number of halogens is 1. The zero-order chi connectivity index (χ0) is 16.2. The summed E-state index contributed by atoms with van der Waals surface area (Å²) < 4.78 is 12.0. The minimum atomic E-state index is -0.480. The third-order valence-electron chi connectivity index (χ3n) is 3.37. The molecule has 1 fully saturated rings. The zero-order valence-electron chi connectivity index (χ0n) is 13.3. The fraction of sp³-hybridized carbons (Fsp3) is 0.625. The van der Waals surface area contributed by atoms with Crippen LogP contribution in [0.5, 0.6) is 5.88 Å². The highest BCUT2D eigenvalue weighted by Gasteiger charge is 2.30. The highest BCUT2D eigenvalue weighted by atomic mass is 79.9. The molecule has 1 aliphatic heterocycles. The van der Waals surface area contributed by atoms with Crippen molar-refractivity contribution in [2.45, 2.75) is 51.7 Å². The summed E-state index contributed by atoms with van der Waals surface area (Å²) in [5.74, 6) is 0.559. The van der Waals surface area contributed by atoms with E-state index in [2.05, 4.69) is 20.9 Å². The Bertz CT molecular complexity index is 516. The van der Waals surface area contributed by atoms with Gasteiger partial charge in [0.2, 0.25) is 5.88 Å². The first kappa shape index (κ1) is 17.1. The van der Waals surface area contributed by atoms with Crippen LogP contribution in [0.3, 0.4) is 0 Å². The maximum atomic E-state index is 12.3. The number of rotatable bonds is 3. The standard InChI is InChI=1S/C16H23BrN2O3/c1-16(2,3)22-15(20)19-10-5-4-7-12(19)11-21-14-9-6-8-13(17)18-14/h6,8-9,12H,4-5,7,10-11H2,1-3H3/t12-/m0/s1. The number of amides is 1. The Labute approximate surface area is 140 Å². The van der Waals surface area contributed by atoms with Gasteiger partial charge >= 0.3 is 6.09 Å². The van der Waals surface area contributed by atoms with Crippen LogP contribution < -0.4 is 4.74 Å². The second-order valence-corrected chi connectivity index (χ2v) is 7.25. The fourth-order valence-electron chi connectivity index (χ4n) is 2.39. The molecule has 0 unspecified atom stereocenters. The lowest BCUT2D eigenvalue weighted by Crippen LogP contribution is -2.48. The van der Waals surface area contributed by atoms with Gasteiger partial charge in [-0.05, 0) is 62.0 Å². The number of aromatic nitrogens is 1. The Morgan fingerprint density at radius 2 is 2.18 bits per heavy atom. The second-order valence-electron chi connectivity index (χ2n) is 6.43. The van der Waals surface area contributed by atoms with Crippen molar-refractivity contribution in [2.24, 2.45) is 0 Å². The molecule has 0 bridgehead atoms. The summed E-state index contributed by atoms with van der Waals surface area (Å²) in [7, 11) is 0. The van der Waals surface area contributed by atoms with Gasteiger partial charge in [0.25, 0.3) is 0 Å². The van der Waals surface area contributed by atoms with Gasteiger partial charge in [0, 0.05) is 12.6 Å². The summed E-state index contributed by atoms with van der Waals surface area (Å²) in [5, 5.41) is 0. The fourth-order valence-corrected chi connectivity index (χ4v) is 2.71. The Balaban J connectivity index is 1.96. The average Bonchev–Trinajstić information content (AvgIpc) is 2.44. The van der Waals surface area contributed by atoms with E-state index in [0.29, 0.717) is 12.5 Å². The van der Waals surface area contributed by atoms with Crippen LogP contribution in [0.1, 0.15) is 40.0 Å². The Kier molecular flexibility index (Phi) is 5.67. The molecule has 1 amide bonds. The summed E-state index contributed by atoms with van der Waals surface area (Å²) in [4.78, 5) is 18.3. The van der Waals surface area contributed by atoms with E-state index in [4.69, 9.17) is 9.47 Å². The van der Waals surface area contributed by atoms with Crippen LogP contribution in [0.25, 0.3) is 0 Å². The van der Waals surface area contributed by atoms with Gasteiger partial charge in [-0.3, -0.25) is 0 Å². The van der Waals surface area contributed by atoms with Crippen molar-refractivity contribution in [1.29, 1.82) is 0 Å². The van der Waals surface area contributed by atoms with Crippen molar-refractivity contribution in [2.75, 3.05) is 13.2 Å². The minimum Gasteiger partial charge on any atom is -0.475 e. The number of ether oxygens (including phenoxy) is 2. The summed E-state index contributed by atoms with van der Waals surface area (Å²) >= 11 is 3.32. The van der Waals surface area contributed by atoms with Gasteiger partial charge in [-0.15, -0.1) is 0 Å². The normalized spacial score (nSPS) is 18.9. The molecule has 1 aromatic heterocycles. The molecule has 1 aliphatic rings. The molecule has 0 aromatic carbocycles. The van der Waals surface area contributed by atoms with E-state index in [1.54, 1.807) is 4.90 Å². The molecule has 22 heavy (non-hydrogen) atoms. The van der Waals surface area contributed by atoms with Crippen LogP contribution >= 0.6 is 15.9 Å². The third-order valence-corrected chi connectivity index (χ3v) is 3.81. The van der Waals surface area contributed by atoms with Gasteiger partial charge in [-0.25, -0.2) is 9.78 Å². The number of hydrogen-bond donors (Lipinski definition) is 0. The molecule has 1 aromatic rings. The SMILES string of the molecule is CC(C)(C)OC(=O)N1CCCC[C@H]1COc1cccc(Br)n1. The molecule has 6 heteroatoms. The lowest BCUT2D eigenvalue weighted by Gasteiger charge is -2.36. The van der Waals surface area contributed by atoms with E-state index in [-0.39, 0.29) is 12.1 Å². The van der Waals surface area contributed by atoms with Crippen molar-refractivity contribution >= 4 is 22.0 Å². The van der Waals surface area contributed by atoms with Crippen LogP contribution in [-0.4, -0.2) is 40.8 Å². The molecule has 0 aliphatic carbocycles. The number of likely N-dealkylation sites (tertiary alicyclic amines) is 1. The van der Waals surface area contributed by atoms with Crippen molar-refractivity contribution in [3.05, 3.63) is 22.8 Å². The van der Waals surface area contributed by atoms with Crippen LogP contribution in [0.2, 0.25) is 0 Å². The van der Waals surface area contributed by atoms with Crippen molar-refractivity contribution in [3.8, 4) is 5.88 Å². The maximum absolute atomic E-state index is 12.3. The van der Waals surface area contributed by atoms with Crippen LogP contribution in [-0.2, 0) is 4.74 Å². The third kappa shape index (κ3) is 5.16. The molecule has 1 saturated heterocycles. The van der Waals surface area contributed by atoms with Gasteiger partial charge in [0.05, 0.1) is 6.04 Å². The van der Waals surface area contributed by atoms with Crippen molar-refractivity contribution in [3.63, 3.8) is 0 Å². The minimum absolute atomic E-state index is 0.0318. The molecule has 2 rings (SSSR count). The molecule has 122 valence electrons. The first-order valence-corrected chi connectivity index (χ1v) is 8.39. The lowest BCUT2D eigenvalue weighted by molar-refractivity contribution is 0.00334. The highest BCUT2D eigenvalue weighted by Crippen LogP contribution is 2.21. The lowest BCUT2D eigenvalue weighted by atomic mass is 10.0. The Morgan fingerprint density at radius 3 is 2.86 bits per heavy atom. The zero-order valence-corrected chi connectivity index (χ0v) is 14.9. The summed E-state index contributed by atoms with van der Waals surface area (Å²) in [6, 6.07) is 5.56. The van der Waals surface area contributed by atoms with Crippen molar-refractivity contribution < 1.29 is 14.3 Å². The quantitative estimate of drug-likeness (QED) is 0.754. The first-order chi connectivity index (χ1) is 10.3. The van der Waals surface area contributed by atoms with Gasteiger partial charge in [-0.2, -0.15) is 0 Å². The molecule has 5 nitrogen and oxygen atoms in total. The molecule has 0 N–H and O–H groups in total. The van der Waals surface area contributed by atoms with E-state index in [0.717, 1.165) is 30.4 Å². The van der Waals surface area contributed by atoms with E-state index in [1.165, 1.54) is 0 Å². The second kappa shape index (κ2) is 7.31. The number of carbonyl (C=O) groups excluding carboxylic acids is 1. The summed E-state index contributed by atoms with van der Waals surface area (Å²) in [6.07, 6.45) is 2.76. The monoisotopic (exact) mass is 370 g/mol. The molecular formula is C16H23BrN2O3. The molecular weight excluding hydrogens is 348 g/mol. The number of pyridine rings is 1. The van der Waals surface area contributed by atoms with Gasteiger partial charge in [0.15, 0.2) is 0 Å². The largest absolute Gasteiger partial charge is 0.475 e. The van der Waals surface area contributed by atoms with Gasteiger partial charge in [0.1, 0.15) is 16.8 Å². The maximum Gasteiger partial charge on any atom is 0.410 e. The van der Waals surface area contributed by atoms with Gasteiger partial charge < -0.3 is 14.4 Å². The smallest absolute Gasteiger partial charge is 0.410 e. The van der Waals surface area contributed by atoms with Crippen LogP contribution in [0.4, 0.5) is 4.79 Å². The molecule has 0 radical (unpaired) electrons. The Hall–Kier alpha value is -1.30. The predicted octanol–water partition coefficient (Wildman–Crippen LogP) is 4.01. The molecule has 1 atom stereocenters. The van der Waals surface area contributed by atoms with Crippen molar-refractivity contribution in [1.82, 2.24) is 9.88 Å². The molecule has 0 saturated carbocycles. The van der Waals surface area contributed by atoms with Crippen LogP contribution in [0, 0.1) is 0 Å². The molecule has 2 heterocycles. The van der Waals surface area contributed by atoms with Crippen LogP contribution in [0.15, 0.2) is 22.8 Å². The number of carbonyl (C=O) groups is 1. The summed E-state index contributed by atoms with van der Waals surface area (Å²) in [5.41, 5.74) is -0.480. The Morgan fingerprint density at radius 1 is 1.41 bits per heavy atom. The number of piperidine rings is 1. The van der Waals surface area contributed by atoms with E-state index in [9.17, 15) is 4.79 Å². The highest BCUT2D eigenvalue weighted by molar-refractivity contribution is 9.10. The van der Waals surface area contributed by atoms with E-state index >= 15 is 0 Å². The first-order valence-electron chi connectivity index (χ1n) is 7.60. The summed E-state index contributed by atoms with van der Waals surface area (Å²) in [6.45, 7) is 6.79. The average molecular weight is 371 g/mol. The van der Waals surface area contributed by atoms with E-state index < -0.39 is 5.60 Å². The molecule has 0 spiro atoms. The van der Waals surface area contributed by atoms with Gasteiger partial charge in [-0.1, -0.05) is 6.07 Å².